The predicted molar refractivity (Wildman–Crippen MR) is 95.4 cm³/mol. The molecule has 0 bridgehead atoms. The van der Waals surface area contributed by atoms with Gasteiger partial charge in [-0.2, -0.15) is 0 Å². The fourth-order valence-electron chi connectivity index (χ4n) is 2.22. The van der Waals surface area contributed by atoms with Crippen LogP contribution in [0.2, 0.25) is 0 Å². The number of rotatable bonds is 11. The maximum Gasteiger partial charge on any atom is 0.321 e. The summed E-state index contributed by atoms with van der Waals surface area (Å²) in [5.41, 5.74) is 0.434. The first kappa shape index (κ1) is 20.7. The third-order valence-corrected chi connectivity index (χ3v) is 3.54. The van der Waals surface area contributed by atoms with Crippen molar-refractivity contribution >= 4 is 17.6 Å². The average Bonchev–Trinajstić information content (AvgIpc) is 2.56. The van der Waals surface area contributed by atoms with Crippen LogP contribution in [0.4, 0.5) is 5.69 Å². The number of hydrogen-bond acceptors (Lipinski definition) is 6. The van der Waals surface area contributed by atoms with Gasteiger partial charge >= 0.3 is 5.97 Å². The van der Waals surface area contributed by atoms with E-state index in [1.807, 2.05) is 19.0 Å². The molecule has 0 heterocycles. The van der Waals surface area contributed by atoms with Gasteiger partial charge in [-0.1, -0.05) is 0 Å². The van der Waals surface area contributed by atoms with Crippen LogP contribution in [0.5, 0.6) is 11.5 Å². The van der Waals surface area contributed by atoms with Crippen molar-refractivity contribution in [3.8, 4) is 11.5 Å². The molecule has 0 radical (unpaired) electrons. The van der Waals surface area contributed by atoms with Gasteiger partial charge in [0.15, 0.2) is 0 Å². The molecule has 8 heteroatoms. The molecule has 0 fully saturated rings. The molecular weight excluding hydrogens is 326 g/mol. The molecule has 1 aromatic carbocycles. The highest BCUT2D eigenvalue weighted by molar-refractivity contribution is 5.95. The quantitative estimate of drug-likeness (QED) is 0.511. The molecular formula is C17H27N3O5. The van der Waals surface area contributed by atoms with Gasteiger partial charge < -0.3 is 30.1 Å². The van der Waals surface area contributed by atoms with Gasteiger partial charge in [-0.3, -0.25) is 9.59 Å². The number of aliphatic carboxylic acids is 1. The molecule has 0 unspecified atom stereocenters. The van der Waals surface area contributed by atoms with Crippen molar-refractivity contribution in [2.45, 2.75) is 18.9 Å². The summed E-state index contributed by atoms with van der Waals surface area (Å²) in [5.74, 6) is -0.440. The Labute approximate surface area is 148 Å². The highest BCUT2D eigenvalue weighted by Crippen LogP contribution is 2.29. The van der Waals surface area contributed by atoms with Gasteiger partial charge in [0, 0.05) is 6.07 Å². The fraction of sp³-hybridized carbons (Fsp3) is 0.529. The zero-order valence-corrected chi connectivity index (χ0v) is 15.2. The van der Waals surface area contributed by atoms with Crippen molar-refractivity contribution in [1.82, 2.24) is 10.2 Å². The lowest BCUT2D eigenvalue weighted by atomic mass is 10.2. The van der Waals surface area contributed by atoms with E-state index in [0.29, 0.717) is 23.7 Å². The minimum atomic E-state index is -1.06. The smallest absolute Gasteiger partial charge is 0.321 e. The Bertz CT molecular complexity index is 577. The molecule has 1 amide bonds. The molecule has 1 aromatic rings. The van der Waals surface area contributed by atoms with E-state index in [9.17, 15) is 14.7 Å². The number of anilines is 1. The first-order chi connectivity index (χ1) is 11.9. The topological polar surface area (TPSA) is 100 Å². The van der Waals surface area contributed by atoms with E-state index in [1.54, 1.807) is 18.2 Å². The number of hydrogen-bond donors (Lipinski definition) is 3. The first-order valence-electron chi connectivity index (χ1n) is 8.00. The lowest BCUT2D eigenvalue weighted by molar-refractivity contribution is -0.141. The lowest BCUT2D eigenvalue weighted by Crippen LogP contribution is -2.40. The average molecular weight is 353 g/mol. The second kappa shape index (κ2) is 10.5. The Hall–Kier alpha value is -2.32. The van der Waals surface area contributed by atoms with Crippen LogP contribution in [0, 0.1) is 0 Å². The van der Waals surface area contributed by atoms with Gasteiger partial charge in [0.1, 0.15) is 17.5 Å². The second-order valence-corrected chi connectivity index (χ2v) is 5.82. The highest BCUT2D eigenvalue weighted by Gasteiger charge is 2.21. The number of nitrogens with zero attached hydrogens (tertiary/aromatic N) is 1. The van der Waals surface area contributed by atoms with E-state index in [2.05, 4.69) is 10.6 Å². The molecule has 0 aliphatic heterocycles. The van der Waals surface area contributed by atoms with E-state index in [1.165, 1.54) is 14.2 Å². The van der Waals surface area contributed by atoms with Gasteiger partial charge in [0.25, 0.3) is 0 Å². The van der Waals surface area contributed by atoms with Gasteiger partial charge in [-0.15, -0.1) is 0 Å². The number of methoxy groups -OCH3 is 2. The number of carboxylic acid groups (broad SMARTS) is 1. The van der Waals surface area contributed by atoms with E-state index in [4.69, 9.17) is 9.47 Å². The molecule has 0 spiro atoms. The zero-order chi connectivity index (χ0) is 18.8. The number of nitrogens with one attached hydrogen (secondary N) is 2. The first-order valence-corrected chi connectivity index (χ1v) is 8.00. The zero-order valence-electron chi connectivity index (χ0n) is 15.2. The normalized spacial score (nSPS) is 11.9. The van der Waals surface area contributed by atoms with Crippen LogP contribution < -0.4 is 20.1 Å². The molecule has 3 N–H and O–H groups in total. The van der Waals surface area contributed by atoms with Crippen molar-refractivity contribution in [3.05, 3.63) is 18.2 Å². The molecule has 0 aliphatic carbocycles. The van der Waals surface area contributed by atoms with Crippen LogP contribution in [0.1, 0.15) is 12.8 Å². The van der Waals surface area contributed by atoms with Crippen LogP contribution in [0.3, 0.4) is 0 Å². The van der Waals surface area contributed by atoms with E-state index in [-0.39, 0.29) is 6.42 Å². The number of carbonyl (C=O) groups excluding carboxylic acids is 1. The summed E-state index contributed by atoms with van der Waals surface area (Å²) < 4.78 is 10.3. The van der Waals surface area contributed by atoms with E-state index < -0.39 is 17.9 Å². The summed E-state index contributed by atoms with van der Waals surface area (Å²) in [7, 11) is 6.91. The van der Waals surface area contributed by atoms with Gasteiger partial charge in [-0.25, -0.2) is 0 Å². The maximum atomic E-state index is 12.2. The fourth-order valence-corrected chi connectivity index (χ4v) is 2.22. The molecule has 25 heavy (non-hydrogen) atoms. The number of benzene rings is 1. The summed E-state index contributed by atoms with van der Waals surface area (Å²) in [6.45, 7) is 1.36. The van der Waals surface area contributed by atoms with Crippen LogP contribution in [0.15, 0.2) is 18.2 Å². The Morgan fingerprint density at radius 1 is 1.24 bits per heavy atom. The van der Waals surface area contributed by atoms with Gasteiger partial charge in [0.2, 0.25) is 5.91 Å². The SMILES string of the molecule is COc1ccc(OC)c(NC(=O)C[C@H](NCCCN(C)C)C(=O)O)c1. The minimum Gasteiger partial charge on any atom is -0.497 e. The van der Waals surface area contributed by atoms with E-state index >= 15 is 0 Å². The summed E-state index contributed by atoms with van der Waals surface area (Å²) in [5, 5.41) is 14.9. The van der Waals surface area contributed by atoms with Crippen molar-refractivity contribution < 1.29 is 24.2 Å². The minimum absolute atomic E-state index is 0.183. The standard InChI is InChI=1S/C17H27N3O5/c1-20(2)9-5-8-18-14(17(22)23)11-16(21)19-13-10-12(24-3)6-7-15(13)25-4/h6-7,10,14,18H,5,8-9,11H2,1-4H3,(H,19,21)(H,22,23)/t14-/m0/s1. The monoisotopic (exact) mass is 353 g/mol. The Morgan fingerprint density at radius 2 is 1.96 bits per heavy atom. The maximum absolute atomic E-state index is 12.2. The third-order valence-electron chi connectivity index (χ3n) is 3.54. The lowest BCUT2D eigenvalue weighted by Gasteiger charge is -2.16. The summed E-state index contributed by atoms with van der Waals surface area (Å²) in [4.78, 5) is 25.6. The number of ether oxygens (including phenoxy) is 2. The summed E-state index contributed by atoms with van der Waals surface area (Å²) >= 11 is 0. The van der Waals surface area contributed by atoms with Crippen molar-refractivity contribution in [2.24, 2.45) is 0 Å². The third kappa shape index (κ3) is 7.40. The summed E-state index contributed by atoms with van der Waals surface area (Å²) in [6, 6.07) is 4.05. The molecule has 8 nitrogen and oxygen atoms in total. The highest BCUT2D eigenvalue weighted by atomic mass is 16.5. The van der Waals surface area contributed by atoms with Gasteiger partial charge in [0.05, 0.1) is 26.3 Å². The largest absolute Gasteiger partial charge is 0.497 e. The van der Waals surface area contributed by atoms with E-state index in [0.717, 1.165) is 13.0 Å². The summed E-state index contributed by atoms with van der Waals surface area (Å²) in [6.07, 6.45) is 0.611. The number of carboxylic acids is 1. The van der Waals surface area contributed by atoms with Crippen LogP contribution in [-0.2, 0) is 9.59 Å². The Kier molecular flexibility index (Phi) is 8.73. The van der Waals surface area contributed by atoms with Crippen LogP contribution in [0.25, 0.3) is 0 Å². The number of amides is 1. The van der Waals surface area contributed by atoms with Crippen LogP contribution >= 0.6 is 0 Å². The predicted octanol–water partition coefficient (Wildman–Crippen LogP) is 1.03. The Morgan fingerprint density at radius 3 is 2.52 bits per heavy atom. The molecule has 1 rings (SSSR count). The molecule has 1 atom stereocenters. The molecule has 0 saturated heterocycles. The number of carbonyl (C=O) groups is 2. The second-order valence-electron chi connectivity index (χ2n) is 5.82. The van der Waals surface area contributed by atoms with Gasteiger partial charge in [-0.05, 0) is 45.7 Å². The van der Waals surface area contributed by atoms with Crippen molar-refractivity contribution in [3.63, 3.8) is 0 Å². The van der Waals surface area contributed by atoms with Crippen LogP contribution in [-0.4, -0.2) is 69.3 Å². The van der Waals surface area contributed by atoms with Crippen molar-refractivity contribution in [1.29, 1.82) is 0 Å². The Balaban J connectivity index is 2.64. The molecule has 140 valence electrons. The molecule has 0 aromatic heterocycles. The molecule has 0 aliphatic rings. The molecule has 0 saturated carbocycles. The van der Waals surface area contributed by atoms with Crippen molar-refractivity contribution in [2.75, 3.05) is 46.7 Å².